The third-order valence-electron chi connectivity index (χ3n) is 14.9. The van der Waals surface area contributed by atoms with E-state index in [1.54, 1.807) is 0 Å². The molecule has 0 rings (SSSR count). The van der Waals surface area contributed by atoms with Crippen LogP contribution in [0.5, 0.6) is 0 Å². The van der Waals surface area contributed by atoms with Crippen molar-refractivity contribution in [3.05, 3.63) is 85.1 Å². The molecular formula is C73H128O6. The maximum Gasteiger partial charge on any atom is 0.306 e. The first kappa shape index (κ1) is 75.6. The minimum Gasteiger partial charge on any atom is -0.462 e. The predicted octanol–water partition coefficient (Wildman–Crippen LogP) is 23.4. The zero-order valence-corrected chi connectivity index (χ0v) is 52.4. The maximum atomic E-state index is 12.9. The minimum absolute atomic E-state index is 0.0867. The molecule has 0 aliphatic carbocycles. The Kier molecular flexibility index (Phi) is 64.2. The summed E-state index contributed by atoms with van der Waals surface area (Å²) in [5.41, 5.74) is 0. The van der Waals surface area contributed by atoms with Gasteiger partial charge in [0.1, 0.15) is 13.2 Å². The largest absolute Gasteiger partial charge is 0.462 e. The molecule has 0 saturated carbocycles. The molecule has 0 aromatic rings. The summed E-state index contributed by atoms with van der Waals surface area (Å²) in [5.74, 6) is -0.910. The van der Waals surface area contributed by atoms with Gasteiger partial charge in [-0.2, -0.15) is 0 Å². The summed E-state index contributed by atoms with van der Waals surface area (Å²) in [5, 5.41) is 0. The number of hydrogen-bond donors (Lipinski definition) is 0. The summed E-state index contributed by atoms with van der Waals surface area (Å²) in [7, 11) is 0. The van der Waals surface area contributed by atoms with E-state index in [1.807, 2.05) is 0 Å². The zero-order valence-electron chi connectivity index (χ0n) is 52.4. The molecule has 79 heavy (non-hydrogen) atoms. The van der Waals surface area contributed by atoms with Gasteiger partial charge in [0.25, 0.3) is 0 Å². The summed E-state index contributed by atoms with van der Waals surface area (Å²) in [4.78, 5) is 38.4. The maximum absolute atomic E-state index is 12.9. The Morgan fingerprint density at radius 3 is 0.785 bits per heavy atom. The fourth-order valence-electron chi connectivity index (χ4n) is 9.86. The number of carbonyl (C=O) groups excluding carboxylic acids is 3. The lowest BCUT2D eigenvalue weighted by Crippen LogP contribution is -2.30. The lowest BCUT2D eigenvalue weighted by atomic mass is 10.0. The zero-order chi connectivity index (χ0) is 57.1. The second kappa shape index (κ2) is 67.1. The van der Waals surface area contributed by atoms with Crippen LogP contribution in [0.25, 0.3) is 0 Å². The second-order valence-corrected chi connectivity index (χ2v) is 22.7. The van der Waals surface area contributed by atoms with Crippen LogP contribution in [0.4, 0.5) is 0 Å². The van der Waals surface area contributed by atoms with E-state index in [0.29, 0.717) is 19.3 Å². The van der Waals surface area contributed by atoms with Gasteiger partial charge in [-0.3, -0.25) is 14.4 Å². The Balaban J connectivity index is 4.26. The van der Waals surface area contributed by atoms with Gasteiger partial charge in [-0.1, -0.05) is 318 Å². The van der Waals surface area contributed by atoms with Gasteiger partial charge in [0.2, 0.25) is 0 Å². The highest BCUT2D eigenvalue weighted by Gasteiger charge is 2.19. The Morgan fingerprint density at radius 1 is 0.266 bits per heavy atom. The van der Waals surface area contributed by atoms with Gasteiger partial charge in [-0.05, 0) is 89.9 Å². The molecule has 0 saturated heterocycles. The van der Waals surface area contributed by atoms with Crippen LogP contribution in [0.1, 0.15) is 342 Å². The molecule has 0 radical (unpaired) electrons. The van der Waals surface area contributed by atoms with Crippen LogP contribution in [0.3, 0.4) is 0 Å². The number of esters is 3. The number of ether oxygens (including phenoxy) is 3. The van der Waals surface area contributed by atoms with E-state index in [-0.39, 0.29) is 31.1 Å². The van der Waals surface area contributed by atoms with Crippen LogP contribution in [0.2, 0.25) is 0 Å². The molecule has 0 fully saturated rings. The highest BCUT2D eigenvalue weighted by molar-refractivity contribution is 5.71. The molecule has 1 unspecified atom stereocenters. The first-order valence-corrected chi connectivity index (χ1v) is 34.1. The predicted molar refractivity (Wildman–Crippen MR) is 344 cm³/mol. The summed E-state index contributed by atoms with van der Waals surface area (Å²) < 4.78 is 16.9. The van der Waals surface area contributed by atoms with Gasteiger partial charge in [-0.15, -0.1) is 0 Å². The second-order valence-electron chi connectivity index (χ2n) is 22.7. The number of unbranched alkanes of at least 4 members (excludes halogenated alkanes) is 37. The third kappa shape index (κ3) is 65.3. The molecular weight excluding hydrogens is 973 g/mol. The van der Waals surface area contributed by atoms with Crippen LogP contribution < -0.4 is 0 Å². The Labute approximate surface area is 490 Å². The van der Waals surface area contributed by atoms with E-state index in [4.69, 9.17) is 14.2 Å². The van der Waals surface area contributed by atoms with E-state index in [9.17, 15) is 14.4 Å². The molecule has 0 heterocycles. The highest BCUT2D eigenvalue weighted by Crippen LogP contribution is 2.18. The molecule has 0 N–H and O–H groups in total. The van der Waals surface area contributed by atoms with Crippen molar-refractivity contribution >= 4 is 17.9 Å². The van der Waals surface area contributed by atoms with E-state index in [2.05, 4.69) is 106 Å². The SMILES string of the molecule is CC/C=C\C/C=C\C/C=C\C/C=C\CCCCCCCCCCC(=O)OC(COC(=O)CCCCC/C=C\C/C=C\C/C=C\CC)COC(=O)CCCCCCCCCCCCCCCCCCCCCCCCCCCCC. The highest BCUT2D eigenvalue weighted by atomic mass is 16.6. The molecule has 456 valence electrons. The summed E-state index contributed by atoms with van der Waals surface area (Å²) in [6.45, 7) is 6.43. The standard InChI is InChI=1S/C73H128O6/c1-4-7-10-13-16-19-22-25-27-29-31-33-34-35-36-37-38-40-41-43-45-48-51-54-57-60-63-66-72(75)78-69-70(68-77-71(74)65-62-59-56-53-50-47-24-21-18-15-12-9-6-3)79-73(76)67-64-61-58-55-52-49-46-44-42-39-32-30-28-26-23-20-17-14-11-8-5-2/h8-9,11-12,17-18,20-21,26,28,32,39,47,50,70H,4-7,10,13-16,19,22-25,27,29-31,33-38,40-46,48-49,51-69H2,1-3H3/b11-8-,12-9-,20-17-,21-18-,28-26-,39-32-,50-47-. The van der Waals surface area contributed by atoms with Crippen LogP contribution >= 0.6 is 0 Å². The van der Waals surface area contributed by atoms with Crippen LogP contribution in [-0.4, -0.2) is 37.2 Å². The van der Waals surface area contributed by atoms with Gasteiger partial charge in [-0.25, -0.2) is 0 Å². The third-order valence-corrected chi connectivity index (χ3v) is 14.9. The Hall–Kier alpha value is -3.41. The average molecular weight is 1100 g/mol. The van der Waals surface area contributed by atoms with E-state index < -0.39 is 6.10 Å². The van der Waals surface area contributed by atoms with Crippen molar-refractivity contribution in [1.82, 2.24) is 0 Å². The molecule has 0 bridgehead atoms. The number of hydrogen-bond acceptors (Lipinski definition) is 6. The molecule has 0 spiro atoms. The fraction of sp³-hybridized carbons (Fsp3) is 0.767. The van der Waals surface area contributed by atoms with Crippen molar-refractivity contribution in [1.29, 1.82) is 0 Å². The molecule has 0 amide bonds. The number of rotatable bonds is 62. The van der Waals surface area contributed by atoms with Crippen molar-refractivity contribution in [3.8, 4) is 0 Å². The van der Waals surface area contributed by atoms with E-state index in [0.717, 1.165) is 116 Å². The summed E-state index contributed by atoms with van der Waals surface area (Å²) in [6.07, 6.45) is 89.0. The normalized spacial score (nSPS) is 12.6. The lowest BCUT2D eigenvalue weighted by Gasteiger charge is -2.18. The summed E-state index contributed by atoms with van der Waals surface area (Å²) >= 11 is 0. The average Bonchev–Trinajstić information content (AvgIpc) is 3.45. The Bertz CT molecular complexity index is 1500. The minimum atomic E-state index is -0.794. The first-order chi connectivity index (χ1) is 39.0. The van der Waals surface area contributed by atoms with Crippen molar-refractivity contribution in [2.75, 3.05) is 13.2 Å². The fourth-order valence-corrected chi connectivity index (χ4v) is 9.86. The molecule has 0 aliphatic rings. The number of carbonyl (C=O) groups is 3. The van der Waals surface area contributed by atoms with Gasteiger partial charge in [0, 0.05) is 19.3 Å². The smallest absolute Gasteiger partial charge is 0.306 e. The molecule has 1 atom stereocenters. The van der Waals surface area contributed by atoms with Crippen LogP contribution in [0, 0.1) is 0 Å². The molecule has 0 aromatic heterocycles. The van der Waals surface area contributed by atoms with Gasteiger partial charge >= 0.3 is 17.9 Å². The van der Waals surface area contributed by atoms with Gasteiger partial charge < -0.3 is 14.2 Å². The molecule has 0 aliphatic heterocycles. The van der Waals surface area contributed by atoms with Crippen LogP contribution in [0.15, 0.2) is 85.1 Å². The van der Waals surface area contributed by atoms with E-state index >= 15 is 0 Å². The van der Waals surface area contributed by atoms with Crippen molar-refractivity contribution in [2.24, 2.45) is 0 Å². The van der Waals surface area contributed by atoms with E-state index in [1.165, 1.54) is 186 Å². The van der Waals surface area contributed by atoms with Crippen molar-refractivity contribution in [3.63, 3.8) is 0 Å². The van der Waals surface area contributed by atoms with Crippen molar-refractivity contribution in [2.45, 2.75) is 348 Å². The van der Waals surface area contributed by atoms with Gasteiger partial charge in [0.05, 0.1) is 0 Å². The van der Waals surface area contributed by atoms with Gasteiger partial charge in [0.15, 0.2) is 6.10 Å². The molecule has 0 aromatic carbocycles. The molecule has 6 heteroatoms. The first-order valence-electron chi connectivity index (χ1n) is 34.1. The Morgan fingerprint density at radius 2 is 0.494 bits per heavy atom. The monoisotopic (exact) mass is 1100 g/mol. The topological polar surface area (TPSA) is 78.9 Å². The molecule has 6 nitrogen and oxygen atoms in total. The quantitative estimate of drug-likeness (QED) is 0.0261. The summed E-state index contributed by atoms with van der Waals surface area (Å²) in [6, 6.07) is 0. The van der Waals surface area contributed by atoms with Crippen LogP contribution in [-0.2, 0) is 28.6 Å². The number of allylic oxidation sites excluding steroid dienone is 14. The lowest BCUT2D eigenvalue weighted by molar-refractivity contribution is -0.167. The van der Waals surface area contributed by atoms with Crippen molar-refractivity contribution < 1.29 is 28.6 Å².